The molecule has 2 aliphatic rings. The second kappa shape index (κ2) is 7.59. The standard InChI is InChI=1S/C17H32N2O2/c1-4-11-18-17(16(20)21-6-3)10-9-15(13-17)19(12-5-2)14-7-8-14/h14-15,18H,4-13H2,1-3H3. The molecule has 0 spiro atoms. The van der Waals surface area contributed by atoms with Gasteiger partial charge in [0.1, 0.15) is 5.54 Å². The highest BCUT2D eigenvalue weighted by Crippen LogP contribution is 2.39. The lowest BCUT2D eigenvalue weighted by Crippen LogP contribution is -2.52. The fourth-order valence-corrected chi connectivity index (χ4v) is 3.68. The summed E-state index contributed by atoms with van der Waals surface area (Å²) in [6.45, 7) is 8.82. The van der Waals surface area contributed by atoms with E-state index in [1.807, 2.05) is 6.92 Å². The number of esters is 1. The van der Waals surface area contributed by atoms with Crippen LogP contribution in [0.2, 0.25) is 0 Å². The van der Waals surface area contributed by atoms with E-state index >= 15 is 0 Å². The second-order valence-corrected chi connectivity index (χ2v) is 6.59. The molecule has 2 atom stereocenters. The third-order valence-electron chi connectivity index (χ3n) is 4.83. The molecule has 0 aromatic carbocycles. The highest BCUT2D eigenvalue weighted by Gasteiger charge is 2.49. The Bertz CT molecular complexity index is 344. The first-order valence-corrected chi connectivity index (χ1v) is 8.84. The van der Waals surface area contributed by atoms with Gasteiger partial charge in [0.15, 0.2) is 0 Å². The summed E-state index contributed by atoms with van der Waals surface area (Å²) >= 11 is 0. The van der Waals surface area contributed by atoms with E-state index in [0.717, 1.165) is 38.3 Å². The van der Waals surface area contributed by atoms with Crippen molar-refractivity contribution in [1.82, 2.24) is 10.2 Å². The topological polar surface area (TPSA) is 41.6 Å². The minimum atomic E-state index is -0.433. The molecule has 4 heteroatoms. The van der Waals surface area contributed by atoms with Gasteiger partial charge in [-0.05, 0) is 65.0 Å². The zero-order chi connectivity index (χ0) is 15.3. The molecular formula is C17H32N2O2. The number of hydrogen-bond donors (Lipinski definition) is 1. The molecule has 0 bridgehead atoms. The third-order valence-corrected chi connectivity index (χ3v) is 4.83. The summed E-state index contributed by atoms with van der Waals surface area (Å²) in [6.07, 6.45) is 7.88. The van der Waals surface area contributed by atoms with Crippen molar-refractivity contribution in [1.29, 1.82) is 0 Å². The van der Waals surface area contributed by atoms with E-state index in [4.69, 9.17) is 4.74 Å². The number of carbonyl (C=O) groups excluding carboxylic acids is 1. The lowest BCUT2D eigenvalue weighted by atomic mass is 9.96. The number of ether oxygens (including phenoxy) is 1. The average molecular weight is 296 g/mol. The Morgan fingerprint density at radius 2 is 1.95 bits per heavy atom. The fourth-order valence-electron chi connectivity index (χ4n) is 3.68. The van der Waals surface area contributed by atoms with Crippen molar-refractivity contribution < 1.29 is 9.53 Å². The van der Waals surface area contributed by atoms with Crippen LogP contribution >= 0.6 is 0 Å². The molecule has 4 nitrogen and oxygen atoms in total. The van der Waals surface area contributed by atoms with Crippen molar-refractivity contribution in [3.05, 3.63) is 0 Å². The summed E-state index contributed by atoms with van der Waals surface area (Å²) < 4.78 is 5.37. The van der Waals surface area contributed by atoms with Gasteiger partial charge in [0.05, 0.1) is 6.61 Å². The largest absolute Gasteiger partial charge is 0.465 e. The Hall–Kier alpha value is -0.610. The van der Waals surface area contributed by atoms with E-state index in [2.05, 4.69) is 24.1 Å². The highest BCUT2D eigenvalue weighted by atomic mass is 16.5. The highest BCUT2D eigenvalue weighted by molar-refractivity contribution is 5.81. The molecule has 0 radical (unpaired) electrons. The zero-order valence-electron chi connectivity index (χ0n) is 14.0. The van der Waals surface area contributed by atoms with Crippen molar-refractivity contribution in [3.8, 4) is 0 Å². The predicted octanol–water partition coefficient (Wildman–Crippen LogP) is 2.71. The van der Waals surface area contributed by atoms with E-state index in [-0.39, 0.29) is 5.97 Å². The minimum Gasteiger partial charge on any atom is -0.465 e. The van der Waals surface area contributed by atoms with Crippen molar-refractivity contribution in [2.45, 2.75) is 83.3 Å². The van der Waals surface area contributed by atoms with Crippen LogP contribution < -0.4 is 5.32 Å². The van der Waals surface area contributed by atoms with Crippen LogP contribution in [0.3, 0.4) is 0 Å². The van der Waals surface area contributed by atoms with Crippen LogP contribution in [-0.2, 0) is 9.53 Å². The van der Waals surface area contributed by atoms with Gasteiger partial charge in [0.25, 0.3) is 0 Å². The van der Waals surface area contributed by atoms with Crippen LogP contribution in [-0.4, -0.2) is 48.2 Å². The number of rotatable bonds is 9. The Morgan fingerprint density at radius 3 is 2.52 bits per heavy atom. The van der Waals surface area contributed by atoms with Gasteiger partial charge in [0, 0.05) is 12.1 Å². The number of nitrogens with zero attached hydrogens (tertiary/aromatic N) is 1. The molecule has 2 aliphatic carbocycles. The number of carbonyl (C=O) groups is 1. The van der Waals surface area contributed by atoms with E-state index < -0.39 is 5.54 Å². The molecule has 0 heterocycles. The molecule has 122 valence electrons. The van der Waals surface area contributed by atoms with Crippen molar-refractivity contribution in [2.75, 3.05) is 19.7 Å². The van der Waals surface area contributed by atoms with Gasteiger partial charge in [-0.15, -0.1) is 0 Å². The number of hydrogen-bond acceptors (Lipinski definition) is 4. The Kier molecular flexibility index (Phi) is 6.06. The van der Waals surface area contributed by atoms with Crippen molar-refractivity contribution in [3.63, 3.8) is 0 Å². The van der Waals surface area contributed by atoms with E-state index in [1.54, 1.807) is 0 Å². The summed E-state index contributed by atoms with van der Waals surface area (Å²) in [5, 5.41) is 3.51. The first-order chi connectivity index (χ1) is 10.2. The van der Waals surface area contributed by atoms with E-state index in [1.165, 1.54) is 25.8 Å². The first-order valence-electron chi connectivity index (χ1n) is 8.84. The quantitative estimate of drug-likeness (QED) is 0.664. The predicted molar refractivity (Wildman–Crippen MR) is 85.3 cm³/mol. The molecule has 2 fully saturated rings. The maximum atomic E-state index is 12.5. The van der Waals surface area contributed by atoms with E-state index in [0.29, 0.717) is 12.6 Å². The smallest absolute Gasteiger partial charge is 0.326 e. The summed E-state index contributed by atoms with van der Waals surface area (Å²) in [4.78, 5) is 15.1. The van der Waals surface area contributed by atoms with Crippen LogP contribution in [0.15, 0.2) is 0 Å². The van der Waals surface area contributed by atoms with Crippen LogP contribution in [0.1, 0.15) is 65.7 Å². The molecular weight excluding hydrogens is 264 g/mol. The van der Waals surface area contributed by atoms with Gasteiger partial charge in [-0.25, -0.2) is 0 Å². The average Bonchev–Trinajstić information content (AvgIpc) is 3.22. The van der Waals surface area contributed by atoms with Crippen LogP contribution in [0, 0.1) is 0 Å². The van der Waals surface area contributed by atoms with Gasteiger partial charge >= 0.3 is 5.97 Å². The molecule has 2 saturated carbocycles. The van der Waals surface area contributed by atoms with Gasteiger partial charge in [0.2, 0.25) is 0 Å². The monoisotopic (exact) mass is 296 g/mol. The molecule has 0 amide bonds. The molecule has 1 N–H and O–H groups in total. The Morgan fingerprint density at radius 1 is 1.19 bits per heavy atom. The third kappa shape index (κ3) is 3.98. The molecule has 2 unspecified atom stereocenters. The van der Waals surface area contributed by atoms with Gasteiger partial charge in [-0.3, -0.25) is 9.69 Å². The van der Waals surface area contributed by atoms with Crippen LogP contribution in [0.4, 0.5) is 0 Å². The molecule has 21 heavy (non-hydrogen) atoms. The maximum Gasteiger partial charge on any atom is 0.326 e. The molecule has 0 aromatic rings. The molecule has 0 aliphatic heterocycles. The Balaban J connectivity index is 2.03. The first kappa shape index (κ1) is 16.8. The number of nitrogens with one attached hydrogen (secondary N) is 1. The second-order valence-electron chi connectivity index (χ2n) is 6.59. The summed E-state index contributed by atoms with van der Waals surface area (Å²) in [7, 11) is 0. The zero-order valence-corrected chi connectivity index (χ0v) is 14.0. The summed E-state index contributed by atoms with van der Waals surface area (Å²) in [6, 6.07) is 1.32. The summed E-state index contributed by atoms with van der Waals surface area (Å²) in [5.41, 5.74) is -0.433. The normalized spacial score (nSPS) is 29.0. The lowest BCUT2D eigenvalue weighted by molar-refractivity contribution is -0.151. The Labute approximate surface area is 129 Å². The fraction of sp³-hybridized carbons (Fsp3) is 0.941. The molecule has 2 rings (SSSR count). The summed E-state index contributed by atoms with van der Waals surface area (Å²) in [5.74, 6) is -0.0341. The van der Waals surface area contributed by atoms with Gasteiger partial charge in [-0.1, -0.05) is 13.8 Å². The van der Waals surface area contributed by atoms with Crippen LogP contribution in [0.25, 0.3) is 0 Å². The van der Waals surface area contributed by atoms with Crippen molar-refractivity contribution >= 4 is 5.97 Å². The SMILES string of the molecule is CCCNC1(C(=O)OCC)CCC(N(CCC)C2CC2)C1. The molecule has 0 aromatic heterocycles. The molecule has 0 saturated heterocycles. The van der Waals surface area contributed by atoms with Crippen molar-refractivity contribution in [2.24, 2.45) is 0 Å². The van der Waals surface area contributed by atoms with E-state index in [9.17, 15) is 4.79 Å². The maximum absolute atomic E-state index is 12.5. The van der Waals surface area contributed by atoms with Crippen LogP contribution in [0.5, 0.6) is 0 Å². The van der Waals surface area contributed by atoms with Gasteiger partial charge < -0.3 is 10.1 Å². The minimum absolute atomic E-state index is 0.0341. The lowest BCUT2D eigenvalue weighted by Gasteiger charge is -2.32. The van der Waals surface area contributed by atoms with Gasteiger partial charge in [-0.2, -0.15) is 0 Å².